The Bertz CT molecular complexity index is 3600. The number of fused-ring (bicyclic) bond motifs is 3. The molecule has 0 saturated carbocycles. The first-order chi connectivity index (χ1) is 33.7. The van der Waals surface area contributed by atoms with Crippen molar-refractivity contribution in [1.82, 2.24) is 24.7 Å². The molecule has 0 fully saturated rings. The number of pyridine rings is 1. The molecule has 2 aliphatic rings. The minimum absolute atomic E-state index is 0.0392. The number of nitrogens with one attached hydrogen (secondary N) is 5. The number of nitriles is 1. The summed E-state index contributed by atoms with van der Waals surface area (Å²) in [6.45, 7) is 1.91. The van der Waals surface area contributed by atoms with E-state index >= 15 is 0 Å². The molecule has 0 amide bonds. The van der Waals surface area contributed by atoms with E-state index in [1.54, 1.807) is 55.5 Å². The molecule has 70 heavy (non-hydrogen) atoms. The maximum absolute atomic E-state index is 14.9. The van der Waals surface area contributed by atoms with Crippen LogP contribution in [0.5, 0.6) is 6.01 Å². The number of hydrogen-bond donors (Lipinski definition) is 9. The number of hydrogen-bond acceptors (Lipinski definition) is 24. The summed E-state index contributed by atoms with van der Waals surface area (Å²) in [5, 5.41) is 57.8. The molecule has 5 aromatic carbocycles. The summed E-state index contributed by atoms with van der Waals surface area (Å²) >= 11 is 1.04. The van der Waals surface area contributed by atoms with Crippen molar-refractivity contribution in [3.05, 3.63) is 113 Å². The minimum atomic E-state index is -4.69. The number of nitrogens with zero attached hydrogens (tertiary/aromatic N) is 6. The summed E-state index contributed by atoms with van der Waals surface area (Å²) in [4.78, 5) is 36.5. The quantitative estimate of drug-likeness (QED) is 0.0139. The normalized spacial score (nSPS) is 13.4. The highest BCUT2D eigenvalue weighted by atomic mass is 32.2. The SMILES string of the molecule is Cc1cc(Nc2cc(Nc3nc(O)nc(Nc4cc(S(=O)(=O)O)ccc4SOOO)n3)ccc2SOOO)c2c3c(c(C4=Nc5ccccc5S(=O)(=O)N4)c(NCCC#N)nc13)-c1ccccc1C2=O. The molecule has 1 aliphatic heterocycles. The van der Waals surface area contributed by atoms with Crippen LogP contribution in [0.2, 0.25) is 0 Å². The van der Waals surface area contributed by atoms with Crippen LogP contribution in [0.4, 0.5) is 46.2 Å². The predicted octanol–water partition coefficient (Wildman–Crippen LogP) is 7.68. The minimum Gasteiger partial charge on any atom is -0.479 e. The van der Waals surface area contributed by atoms with E-state index in [-0.39, 0.29) is 91.4 Å². The topological polar surface area (TPSA) is 351 Å². The lowest BCUT2D eigenvalue weighted by Crippen LogP contribution is -2.35. The van der Waals surface area contributed by atoms with Crippen LogP contribution in [-0.4, -0.2) is 75.1 Å². The number of amidine groups is 1. The summed E-state index contributed by atoms with van der Waals surface area (Å²) in [5.74, 6) is -0.869. The average molecular weight is 1030 g/mol. The highest BCUT2D eigenvalue weighted by molar-refractivity contribution is 7.95. The number of benzene rings is 5. The van der Waals surface area contributed by atoms with Crippen LogP contribution in [0.1, 0.15) is 33.5 Å². The van der Waals surface area contributed by atoms with Crippen molar-refractivity contribution in [3.63, 3.8) is 0 Å². The van der Waals surface area contributed by atoms with Crippen molar-refractivity contribution in [2.24, 2.45) is 4.99 Å². The van der Waals surface area contributed by atoms with E-state index in [0.717, 1.165) is 12.1 Å². The van der Waals surface area contributed by atoms with E-state index in [4.69, 9.17) is 24.8 Å². The molecule has 356 valence electrons. The van der Waals surface area contributed by atoms with E-state index in [0.29, 0.717) is 56.6 Å². The fourth-order valence-corrected chi connectivity index (χ4v) is 10.2. The Morgan fingerprint density at radius 3 is 2.17 bits per heavy atom. The molecule has 3 heterocycles. The lowest BCUT2D eigenvalue weighted by atomic mass is 9.80. The molecule has 2 aromatic heterocycles. The second-order valence-electron chi connectivity index (χ2n) is 14.7. The van der Waals surface area contributed by atoms with Crippen LogP contribution in [-0.2, 0) is 38.9 Å². The van der Waals surface area contributed by atoms with Gasteiger partial charge in [-0.25, -0.2) is 28.9 Å². The van der Waals surface area contributed by atoms with Gasteiger partial charge in [0.25, 0.3) is 20.1 Å². The lowest BCUT2D eigenvalue weighted by Gasteiger charge is -2.28. The standard InChI is InChI=1S/C42H31N11O13S4/c1-20-17-28(46-26-18-21(11-13-29(26)67-65-63-56)45-40-50-41(52-42(55)51-40)48-27-19-22(70(60,61)62)12-14-30(27)68-66-64-57)33-34-32(23-7-2-3-8-24(23)37(33)54)35(38(49-36(20)34)44-16-6-15-43)39-47-25-9-4-5-10-31(25)69(58,59)53-39/h2-5,7-14,17-19,46,56-57H,6,16H2,1H3,(H,44,49)(H,47,53)(H,60,61,62)(H3,45,48,50,51,52,55). The van der Waals surface area contributed by atoms with Gasteiger partial charge >= 0.3 is 6.01 Å². The summed E-state index contributed by atoms with van der Waals surface area (Å²) in [5.41, 5.74) is 3.32. The molecule has 0 spiro atoms. The van der Waals surface area contributed by atoms with Crippen molar-refractivity contribution >= 4 is 113 Å². The Balaban J connectivity index is 1.16. The van der Waals surface area contributed by atoms with Crippen LogP contribution < -0.4 is 26.0 Å². The Morgan fingerprint density at radius 2 is 1.46 bits per heavy atom. The Morgan fingerprint density at radius 1 is 0.786 bits per heavy atom. The zero-order valence-corrected chi connectivity index (χ0v) is 38.6. The molecular formula is C42H31N11O13S4. The first kappa shape index (κ1) is 47.5. The molecule has 0 bridgehead atoms. The van der Waals surface area contributed by atoms with Gasteiger partial charge in [-0.05, 0) is 72.6 Å². The number of sulfonamides is 1. The summed E-state index contributed by atoms with van der Waals surface area (Å²) < 4.78 is 72.9. The third-order valence-corrected chi connectivity index (χ3v) is 14.0. The van der Waals surface area contributed by atoms with Crippen LogP contribution in [0.25, 0.3) is 22.0 Å². The molecule has 24 nitrogen and oxygen atoms in total. The first-order valence-corrected chi connectivity index (χ1v) is 24.4. The second kappa shape index (κ2) is 19.5. The van der Waals surface area contributed by atoms with E-state index in [9.17, 15) is 36.6 Å². The molecule has 9 rings (SSSR count). The van der Waals surface area contributed by atoms with Gasteiger partial charge in [0.05, 0.1) is 90.7 Å². The summed E-state index contributed by atoms with van der Waals surface area (Å²) in [6.07, 6.45) is 0.0792. The van der Waals surface area contributed by atoms with Crippen LogP contribution in [0, 0.1) is 18.3 Å². The Hall–Kier alpha value is -7.53. The molecule has 1 aliphatic carbocycles. The van der Waals surface area contributed by atoms with Gasteiger partial charge in [-0.2, -0.15) is 28.6 Å². The number of aromatic nitrogens is 4. The molecule has 0 atom stereocenters. The van der Waals surface area contributed by atoms with Crippen LogP contribution >= 0.6 is 24.1 Å². The number of carbonyl (C=O) groups is 1. The lowest BCUT2D eigenvalue weighted by molar-refractivity contribution is -0.432. The van der Waals surface area contributed by atoms with Gasteiger partial charge in [0, 0.05) is 28.7 Å². The largest absolute Gasteiger partial charge is 0.479 e. The maximum atomic E-state index is 14.9. The van der Waals surface area contributed by atoms with Crippen molar-refractivity contribution in [2.75, 3.05) is 27.8 Å². The van der Waals surface area contributed by atoms with Gasteiger partial charge in [0.15, 0.2) is 11.6 Å². The van der Waals surface area contributed by atoms with E-state index in [2.05, 4.69) is 61.4 Å². The van der Waals surface area contributed by atoms with Gasteiger partial charge in [-0.15, -0.1) is 8.67 Å². The molecule has 0 saturated heterocycles. The van der Waals surface area contributed by atoms with Crippen molar-refractivity contribution in [1.29, 1.82) is 5.26 Å². The number of rotatable bonds is 17. The number of aliphatic imine (C=N–C) groups is 1. The highest BCUT2D eigenvalue weighted by Crippen LogP contribution is 2.48. The van der Waals surface area contributed by atoms with E-state index in [1.807, 2.05) is 0 Å². The zero-order chi connectivity index (χ0) is 49.3. The van der Waals surface area contributed by atoms with Crippen LogP contribution in [0.3, 0.4) is 0 Å². The molecule has 0 unspecified atom stereocenters. The van der Waals surface area contributed by atoms with Gasteiger partial charge in [-0.1, -0.05) is 46.5 Å². The second-order valence-corrected chi connectivity index (χ2v) is 19.3. The van der Waals surface area contributed by atoms with E-state index < -0.39 is 36.8 Å². The van der Waals surface area contributed by atoms with Crippen molar-refractivity contribution in [3.8, 4) is 23.2 Å². The highest BCUT2D eigenvalue weighted by Gasteiger charge is 2.36. The molecule has 28 heteroatoms. The fourth-order valence-electron chi connectivity index (χ4n) is 7.64. The smallest absolute Gasteiger partial charge is 0.320 e. The third kappa shape index (κ3) is 9.45. The molecule has 9 N–H and O–H groups in total. The number of carbonyl (C=O) groups excluding carboxylic acids is 1. The molecule has 7 aromatic rings. The number of aryl methyl sites for hydroxylation is 1. The monoisotopic (exact) mass is 1030 g/mol. The Labute approximate surface area is 403 Å². The number of aromatic hydroxyl groups is 1. The Kier molecular flexibility index (Phi) is 13.2. The fraction of sp³-hybridized carbons (Fsp3) is 0.0714. The van der Waals surface area contributed by atoms with Crippen LogP contribution in [0.15, 0.2) is 116 Å². The molecule has 0 radical (unpaired) electrons. The summed E-state index contributed by atoms with van der Waals surface area (Å²) in [7, 11) is -8.85. The van der Waals surface area contributed by atoms with Gasteiger partial charge < -0.3 is 26.4 Å². The number of para-hydroxylation sites is 1. The number of ketones is 1. The van der Waals surface area contributed by atoms with E-state index in [1.165, 1.54) is 30.3 Å². The van der Waals surface area contributed by atoms with Crippen molar-refractivity contribution in [2.45, 2.75) is 32.9 Å². The molecular weight excluding hydrogens is 995 g/mol. The summed E-state index contributed by atoms with van der Waals surface area (Å²) in [6, 6.07) is 23.9. The van der Waals surface area contributed by atoms with Gasteiger partial charge in [0.1, 0.15) is 10.7 Å². The van der Waals surface area contributed by atoms with Gasteiger partial charge in [0.2, 0.25) is 11.9 Å². The zero-order valence-electron chi connectivity index (χ0n) is 35.4. The van der Waals surface area contributed by atoms with Crippen molar-refractivity contribution < 1.29 is 60.5 Å². The third-order valence-electron chi connectivity index (χ3n) is 10.4. The van der Waals surface area contributed by atoms with Gasteiger partial charge in [-0.3, -0.25) is 14.1 Å². The first-order valence-electron chi connectivity index (χ1n) is 20.0. The maximum Gasteiger partial charge on any atom is 0.320 e. The average Bonchev–Trinajstić information content (AvgIpc) is 3.32. The predicted molar refractivity (Wildman–Crippen MR) is 252 cm³/mol. The number of anilines is 7.